The van der Waals surface area contributed by atoms with Crippen molar-refractivity contribution < 1.29 is 27.6 Å². The van der Waals surface area contributed by atoms with Crippen LogP contribution in [0.3, 0.4) is 0 Å². The molecule has 30 heavy (non-hydrogen) atoms. The minimum absolute atomic E-state index is 0.121. The molecule has 3 aliphatic rings. The van der Waals surface area contributed by atoms with Gasteiger partial charge >= 0.3 is 10.3 Å². The maximum Gasteiger partial charge on any atom is 0.366 e. The summed E-state index contributed by atoms with van der Waals surface area (Å²) >= 11 is 0. The van der Waals surface area contributed by atoms with Crippen molar-refractivity contribution in [3.8, 4) is 0 Å². The van der Waals surface area contributed by atoms with Crippen LogP contribution < -0.4 is 4.31 Å². The molecule has 5 atom stereocenters. The number of anilines is 1. The first-order valence-corrected chi connectivity index (χ1v) is 11.8. The largest absolute Gasteiger partial charge is 0.392 e. The van der Waals surface area contributed by atoms with Gasteiger partial charge in [-0.15, -0.1) is 0 Å². The smallest absolute Gasteiger partial charge is 0.366 e. The van der Waals surface area contributed by atoms with E-state index in [0.717, 1.165) is 36.8 Å². The summed E-state index contributed by atoms with van der Waals surface area (Å²) in [7, 11) is -3.47. The molecule has 0 saturated heterocycles. The summed E-state index contributed by atoms with van der Waals surface area (Å²) in [6.45, 7) is 6.00. The Hall–Kier alpha value is -1.74. The molecule has 164 valence electrons. The van der Waals surface area contributed by atoms with Crippen LogP contribution in [0, 0.1) is 17.3 Å². The topological polar surface area (TPSA) is 104 Å². The lowest BCUT2D eigenvalue weighted by molar-refractivity contribution is -0.121. The van der Waals surface area contributed by atoms with Gasteiger partial charge in [-0.1, -0.05) is 25.1 Å². The first-order valence-electron chi connectivity index (χ1n) is 10.4. The summed E-state index contributed by atoms with van der Waals surface area (Å²) < 4.78 is 38.4. The number of hydrogen-bond acceptors (Lipinski definition) is 5. The molecule has 2 fully saturated rings. The van der Waals surface area contributed by atoms with Crippen LogP contribution in [0.25, 0.3) is 0 Å². The number of methoxy groups -OCH3 is 1. The van der Waals surface area contributed by atoms with Crippen LogP contribution in [-0.4, -0.2) is 43.8 Å². The number of amides is 1. The lowest BCUT2D eigenvalue weighted by Crippen LogP contribution is -2.44. The van der Waals surface area contributed by atoms with Gasteiger partial charge in [-0.05, 0) is 73.1 Å². The molecule has 0 radical (unpaired) electrons. The van der Waals surface area contributed by atoms with Crippen LogP contribution >= 0.6 is 0 Å². The van der Waals surface area contributed by atoms with E-state index in [1.54, 1.807) is 12.1 Å². The van der Waals surface area contributed by atoms with Crippen molar-refractivity contribution in [2.75, 3.05) is 18.0 Å². The zero-order valence-corrected chi connectivity index (χ0v) is 18.2. The highest BCUT2D eigenvalue weighted by Gasteiger charge is 2.56. The number of aliphatic hydroxyl groups is 1. The van der Waals surface area contributed by atoms with Gasteiger partial charge in [-0.2, -0.15) is 12.7 Å². The number of hydrogen-bond donors (Lipinski definition) is 2. The maximum absolute atomic E-state index is 12.2. The highest BCUT2D eigenvalue weighted by molar-refractivity contribution is 7.88. The second kappa shape index (κ2) is 7.44. The number of nitrogens with zero attached hydrogens (tertiary/aromatic N) is 1. The van der Waals surface area contributed by atoms with E-state index in [4.69, 9.17) is 4.74 Å². The van der Waals surface area contributed by atoms with E-state index in [2.05, 4.69) is 13.5 Å². The van der Waals surface area contributed by atoms with E-state index in [1.165, 1.54) is 12.7 Å². The number of benzene rings is 1. The predicted octanol–water partition coefficient (Wildman–Crippen LogP) is 2.85. The molecule has 0 bridgehead atoms. The van der Waals surface area contributed by atoms with Crippen molar-refractivity contribution in [1.29, 1.82) is 0 Å². The molecule has 2 N–H and O–H groups in total. The minimum Gasteiger partial charge on any atom is -0.392 e. The van der Waals surface area contributed by atoms with Gasteiger partial charge in [0, 0.05) is 12.5 Å². The van der Waals surface area contributed by atoms with E-state index in [-0.39, 0.29) is 23.1 Å². The van der Waals surface area contributed by atoms with Crippen molar-refractivity contribution in [2.45, 2.75) is 51.0 Å². The van der Waals surface area contributed by atoms with Crippen LogP contribution in [-0.2, 0) is 26.3 Å². The molecule has 2 saturated carbocycles. The third kappa shape index (κ3) is 3.30. The van der Waals surface area contributed by atoms with Crippen LogP contribution in [0.1, 0.15) is 49.7 Å². The fourth-order valence-electron chi connectivity index (χ4n) is 6.27. The molecule has 7 nitrogen and oxygen atoms in total. The van der Waals surface area contributed by atoms with Gasteiger partial charge in [-0.3, -0.25) is 9.35 Å². The standard InChI is InChI=1S/C22H29NO6S/c1-13-10-19(24)22(2)9-8-17-16-7-5-15(11-14(16)4-6-18(17)21(13)22)23(30(26,27)28)20(25)12-29-3/h5,7,11,17-19,21,24H,1,4,6,8-10,12H2,2-3H3,(H,26,27,28)/t17?,18?,19-,21-,22+/m0/s1. The molecular weight excluding hydrogens is 406 g/mol. The molecule has 4 rings (SSSR count). The zero-order valence-electron chi connectivity index (χ0n) is 17.4. The van der Waals surface area contributed by atoms with E-state index in [1.807, 2.05) is 6.07 Å². The van der Waals surface area contributed by atoms with Gasteiger partial charge in [0.25, 0.3) is 5.91 Å². The van der Waals surface area contributed by atoms with Crippen LogP contribution in [0.5, 0.6) is 0 Å². The number of rotatable bonds is 4. The van der Waals surface area contributed by atoms with E-state index in [0.29, 0.717) is 22.6 Å². The van der Waals surface area contributed by atoms with Crippen molar-refractivity contribution in [2.24, 2.45) is 17.3 Å². The Labute approximate surface area is 177 Å². The molecule has 3 aliphatic carbocycles. The Balaban J connectivity index is 1.68. The number of ether oxygens (including phenoxy) is 1. The Morgan fingerprint density at radius 1 is 1.37 bits per heavy atom. The lowest BCUT2D eigenvalue weighted by atomic mass is 9.55. The van der Waals surface area contributed by atoms with Gasteiger partial charge in [0.05, 0.1) is 11.8 Å². The second-order valence-electron chi connectivity index (χ2n) is 9.16. The minimum atomic E-state index is -4.76. The average molecular weight is 436 g/mol. The molecule has 0 aromatic heterocycles. The molecule has 0 spiro atoms. The normalized spacial score (nSPS) is 32.9. The highest BCUT2D eigenvalue weighted by Crippen LogP contribution is 2.62. The first-order chi connectivity index (χ1) is 14.1. The number of fused-ring (bicyclic) bond motifs is 5. The molecular formula is C22H29NO6S. The summed E-state index contributed by atoms with van der Waals surface area (Å²) in [5, 5.41) is 10.6. The lowest BCUT2D eigenvalue weighted by Gasteiger charge is -2.50. The Bertz CT molecular complexity index is 989. The van der Waals surface area contributed by atoms with E-state index >= 15 is 0 Å². The highest BCUT2D eigenvalue weighted by atomic mass is 32.2. The zero-order chi connectivity index (χ0) is 21.8. The summed E-state index contributed by atoms with van der Waals surface area (Å²) in [6, 6.07) is 5.16. The third-order valence-corrected chi connectivity index (χ3v) is 8.41. The quantitative estimate of drug-likeness (QED) is 0.557. The molecule has 1 aromatic carbocycles. The molecule has 8 heteroatoms. The van der Waals surface area contributed by atoms with Gasteiger partial charge in [-0.25, -0.2) is 0 Å². The molecule has 2 unspecified atom stereocenters. The maximum atomic E-state index is 12.2. The monoisotopic (exact) mass is 435 g/mol. The fourth-order valence-corrected chi connectivity index (χ4v) is 6.96. The molecule has 1 amide bonds. The van der Waals surface area contributed by atoms with Crippen LogP contribution in [0.15, 0.2) is 30.4 Å². The van der Waals surface area contributed by atoms with Crippen LogP contribution in [0.4, 0.5) is 5.69 Å². The molecule has 1 aromatic rings. The Morgan fingerprint density at radius 2 is 2.10 bits per heavy atom. The van der Waals surface area contributed by atoms with E-state index < -0.39 is 22.8 Å². The number of aliphatic hydroxyl groups excluding tert-OH is 1. The van der Waals surface area contributed by atoms with Crippen molar-refractivity contribution in [1.82, 2.24) is 0 Å². The summed E-state index contributed by atoms with van der Waals surface area (Å²) in [5.74, 6) is 0.159. The Kier molecular flexibility index (Phi) is 5.33. The molecule has 0 aliphatic heterocycles. The van der Waals surface area contributed by atoms with Crippen molar-refractivity contribution in [3.05, 3.63) is 41.5 Å². The van der Waals surface area contributed by atoms with Gasteiger partial charge in [0.1, 0.15) is 6.61 Å². The number of aryl methyl sites for hydroxylation is 1. The van der Waals surface area contributed by atoms with E-state index in [9.17, 15) is 22.9 Å². The molecule has 0 heterocycles. The van der Waals surface area contributed by atoms with Gasteiger partial charge in [0.15, 0.2) is 0 Å². The number of carbonyl (C=O) groups is 1. The van der Waals surface area contributed by atoms with Crippen molar-refractivity contribution in [3.63, 3.8) is 0 Å². The van der Waals surface area contributed by atoms with Gasteiger partial charge < -0.3 is 9.84 Å². The van der Waals surface area contributed by atoms with Gasteiger partial charge in [0.2, 0.25) is 0 Å². The average Bonchev–Trinajstić information content (AvgIpc) is 2.89. The fraction of sp³-hybridized carbons (Fsp3) is 0.591. The first kappa shape index (κ1) is 21.5. The predicted molar refractivity (Wildman–Crippen MR) is 112 cm³/mol. The SMILES string of the molecule is C=C1C[C@H](O)[C@@]2(C)CCC3c4ccc(N(C(=O)COC)S(=O)(=O)O)cc4CCC3[C@H]12. The van der Waals surface area contributed by atoms with Crippen LogP contribution in [0.2, 0.25) is 0 Å². The Morgan fingerprint density at radius 3 is 2.77 bits per heavy atom. The second-order valence-corrected chi connectivity index (χ2v) is 10.4. The number of carbonyl (C=O) groups excluding carboxylic acids is 1. The van der Waals surface area contributed by atoms with Crippen molar-refractivity contribution >= 4 is 21.9 Å². The summed E-state index contributed by atoms with van der Waals surface area (Å²) in [5.41, 5.74) is 3.31. The summed E-state index contributed by atoms with van der Waals surface area (Å²) in [6.07, 6.45) is 3.88. The summed E-state index contributed by atoms with van der Waals surface area (Å²) in [4.78, 5) is 12.2. The third-order valence-electron chi connectivity index (χ3n) is 7.54.